The van der Waals surface area contributed by atoms with E-state index in [0.29, 0.717) is 18.4 Å². The SMILES string of the molecule is O=C(O)C1CCC(Cn2ccc(=O)c3ccccc32)O1. The summed E-state index contributed by atoms with van der Waals surface area (Å²) >= 11 is 0. The van der Waals surface area contributed by atoms with Crippen LogP contribution in [0.15, 0.2) is 41.3 Å². The Morgan fingerprint density at radius 1 is 1.30 bits per heavy atom. The van der Waals surface area contributed by atoms with Gasteiger partial charge in [-0.2, -0.15) is 0 Å². The Balaban J connectivity index is 1.87. The van der Waals surface area contributed by atoms with Crippen LogP contribution in [0.2, 0.25) is 0 Å². The van der Waals surface area contributed by atoms with Crippen molar-refractivity contribution >= 4 is 16.9 Å². The minimum Gasteiger partial charge on any atom is -0.479 e. The summed E-state index contributed by atoms with van der Waals surface area (Å²) in [5.41, 5.74) is 0.843. The molecule has 1 aromatic heterocycles. The molecule has 2 aromatic rings. The van der Waals surface area contributed by atoms with E-state index < -0.39 is 12.1 Å². The normalized spacial score (nSPS) is 22.2. The highest BCUT2D eigenvalue weighted by Gasteiger charge is 2.30. The van der Waals surface area contributed by atoms with Crippen LogP contribution >= 0.6 is 0 Å². The Morgan fingerprint density at radius 3 is 2.85 bits per heavy atom. The molecule has 1 N–H and O–H groups in total. The summed E-state index contributed by atoms with van der Waals surface area (Å²) in [7, 11) is 0. The lowest BCUT2D eigenvalue weighted by Gasteiger charge is -2.15. The van der Waals surface area contributed by atoms with E-state index >= 15 is 0 Å². The molecule has 0 bridgehead atoms. The number of nitrogens with zero attached hydrogens (tertiary/aromatic N) is 1. The quantitative estimate of drug-likeness (QED) is 0.923. The zero-order valence-corrected chi connectivity index (χ0v) is 10.9. The Morgan fingerprint density at radius 2 is 2.10 bits per heavy atom. The van der Waals surface area contributed by atoms with Crippen molar-refractivity contribution in [2.75, 3.05) is 0 Å². The van der Waals surface area contributed by atoms with Gasteiger partial charge in [-0.3, -0.25) is 4.79 Å². The molecule has 2 atom stereocenters. The second-order valence-corrected chi connectivity index (χ2v) is 5.01. The maximum absolute atomic E-state index is 11.8. The summed E-state index contributed by atoms with van der Waals surface area (Å²) in [4.78, 5) is 22.7. The Kier molecular flexibility index (Phi) is 3.28. The third-order valence-corrected chi connectivity index (χ3v) is 3.67. The molecular weight excluding hydrogens is 258 g/mol. The van der Waals surface area contributed by atoms with Gasteiger partial charge in [0, 0.05) is 24.2 Å². The molecule has 2 unspecified atom stereocenters. The largest absolute Gasteiger partial charge is 0.479 e. The highest BCUT2D eigenvalue weighted by Crippen LogP contribution is 2.22. The van der Waals surface area contributed by atoms with Crippen molar-refractivity contribution < 1.29 is 14.6 Å². The van der Waals surface area contributed by atoms with E-state index in [-0.39, 0.29) is 11.5 Å². The van der Waals surface area contributed by atoms with E-state index in [0.717, 1.165) is 11.9 Å². The molecule has 1 saturated heterocycles. The third kappa shape index (κ3) is 2.32. The minimum atomic E-state index is -0.905. The van der Waals surface area contributed by atoms with Crippen LogP contribution in [0, 0.1) is 0 Å². The number of pyridine rings is 1. The number of carbonyl (C=O) groups is 1. The molecule has 1 aliphatic heterocycles. The lowest BCUT2D eigenvalue weighted by Crippen LogP contribution is -2.23. The monoisotopic (exact) mass is 273 g/mol. The van der Waals surface area contributed by atoms with E-state index in [2.05, 4.69) is 0 Å². The number of aromatic nitrogens is 1. The number of benzene rings is 1. The first kappa shape index (κ1) is 12.9. The van der Waals surface area contributed by atoms with Crippen molar-refractivity contribution in [3.05, 3.63) is 46.8 Å². The van der Waals surface area contributed by atoms with Gasteiger partial charge in [-0.15, -0.1) is 0 Å². The number of fused-ring (bicyclic) bond motifs is 1. The number of hydrogen-bond donors (Lipinski definition) is 1. The number of hydrogen-bond acceptors (Lipinski definition) is 3. The highest BCUT2D eigenvalue weighted by molar-refractivity contribution is 5.78. The Bertz CT molecular complexity index is 706. The zero-order chi connectivity index (χ0) is 14.1. The van der Waals surface area contributed by atoms with Crippen LogP contribution in [0.25, 0.3) is 10.9 Å². The van der Waals surface area contributed by atoms with Crippen molar-refractivity contribution in [3.8, 4) is 0 Å². The molecule has 0 amide bonds. The van der Waals surface area contributed by atoms with Crippen molar-refractivity contribution in [1.82, 2.24) is 4.57 Å². The summed E-state index contributed by atoms with van der Waals surface area (Å²) in [6, 6.07) is 8.94. The average molecular weight is 273 g/mol. The predicted molar refractivity (Wildman–Crippen MR) is 73.7 cm³/mol. The van der Waals surface area contributed by atoms with Crippen LogP contribution in [0.1, 0.15) is 12.8 Å². The van der Waals surface area contributed by atoms with Gasteiger partial charge in [0.2, 0.25) is 0 Å². The lowest BCUT2D eigenvalue weighted by molar-refractivity contribution is -0.149. The first-order chi connectivity index (χ1) is 9.65. The maximum atomic E-state index is 11.8. The van der Waals surface area contributed by atoms with Gasteiger partial charge in [0.15, 0.2) is 11.5 Å². The Hall–Kier alpha value is -2.14. The number of aliphatic carboxylic acids is 1. The van der Waals surface area contributed by atoms with E-state index in [1.807, 2.05) is 22.8 Å². The van der Waals surface area contributed by atoms with Crippen LogP contribution in [0.5, 0.6) is 0 Å². The van der Waals surface area contributed by atoms with Crippen LogP contribution < -0.4 is 5.43 Å². The van der Waals surface area contributed by atoms with Gasteiger partial charge in [-0.25, -0.2) is 4.79 Å². The minimum absolute atomic E-state index is 0.00685. The molecule has 0 saturated carbocycles. The summed E-state index contributed by atoms with van der Waals surface area (Å²) in [5, 5.41) is 9.60. The fourth-order valence-electron chi connectivity index (χ4n) is 2.66. The smallest absolute Gasteiger partial charge is 0.332 e. The second-order valence-electron chi connectivity index (χ2n) is 5.01. The molecule has 1 fully saturated rings. The second kappa shape index (κ2) is 5.09. The standard InChI is InChI=1S/C15H15NO4/c17-13-7-8-16(12-4-2-1-3-11(12)13)9-10-5-6-14(20-10)15(18)19/h1-4,7-8,10,14H,5-6,9H2,(H,18,19). The fourth-order valence-corrected chi connectivity index (χ4v) is 2.66. The number of para-hydroxylation sites is 1. The molecule has 0 spiro atoms. The molecule has 3 rings (SSSR count). The number of ether oxygens (including phenoxy) is 1. The maximum Gasteiger partial charge on any atom is 0.332 e. The number of rotatable bonds is 3. The first-order valence-electron chi connectivity index (χ1n) is 6.61. The predicted octanol–water partition coefficient (Wildman–Crippen LogP) is 1.63. The molecule has 1 aliphatic rings. The highest BCUT2D eigenvalue weighted by atomic mass is 16.5. The molecule has 104 valence electrons. The molecule has 2 heterocycles. The van der Waals surface area contributed by atoms with Crippen molar-refractivity contribution in [3.63, 3.8) is 0 Å². The summed E-state index contributed by atoms with van der Waals surface area (Å²) < 4.78 is 7.46. The molecule has 1 aromatic carbocycles. The zero-order valence-electron chi connectivity index (χ0n) is 10.9. The van der Waals surface area contributed by atoms with Gasteiger partial charge >= 0.3 is 5.97 Å². The van der Waals surface area contributed by atoms with Crippen LogP contribution in [-0.2, 0) is 16.1 Å². The van der Waals surface area contributed by atoms with Crippen LogP contribution in [0.4, 0.5) is 0 Å². The first-order valence-corrected chi connectivity index (χ1v) is 6.61. The van der Waals surface area contributed by atoms with Gasteiger partial charge in [-0.1, -0.05) is 12.1 Å². The van der Waals surface area contributed by atoms with E-state index in [4.69, 9.17) is 9.84 Å². The van der Waals surface area contributed by atoms with E-state index in [9.17, 15) is 9.59 Å². The summed E-state index contributed by atoms with van der Waals surface area (Å²) in [6.45, 7) is 0.560. The van der Waals surface area contributed by atoms with E-state index in [1.165, 1.54) is 6.07 Å². The van der Waals surface area contributed by atoms with Gasteiger partial charge in [0.25, 0.3) is 0 Å². The fraction of sp³-hybridized carbons (Fsp3) is 0.333. The van der Waals surface area contributed by atoms with Crippen molar-refractivity contribution in [2.45, 2.75) is 31.6 Å². The topological polar surface area (TPSA) is 68.5 Å². The number of carboxylic acids is 1. The molecule has 5 heteroatoms. The van der Waals surface area contributed by atoms with Crippen molar-refractivity contribution in [1.29, 1.82) is 0 Å². The molecule has 0 radical (unpaired) electrons. The third-order valence-electron chi connectivity index (χ3n) is 3.67. The summed E-state index contributed by atoms with van der Waals surface area (Å²) in [6.07, 6.45) is 2.17. The molecule has 5 nitrogen and oxygen atoms in total. The van der Waals surface area contributed by atoms with Crippen molar-refractivity contribution in [2.24, 2.45) is 0 Å². The van der Waals surface area contributed by atoms with Gasteiger partial charge in [0.05, 0.1) is 11.6 Å². The Labute approximate surface area is 115 Å². The van der Waals surface area contributed by atoms with Crippen LogP contribution in [-0.4, -0.2) is 27.9 Å². The van der Waals surface area contributed by atoms with E-state index in [1.54, 1.807) is 12.3 Å². The van der Waals surface area contributed by atoms with Gasteiger partial charge in [0.1, 0.15) is 0 Å². The molecule has 0 aliphatic carbocycles. The summed E-state index contributed by atoms with van der Waals surface area (Å²) in [5.74, 6) is -0.905. The average Bonchev–Trinajstić information content (AvgIpc) is 2.91. The van der Waals surface area contributed by atoms with Gasteiger partial charge < -0.3 is 14.4 Å². The molecule has 20 heavy (non-hydrogen) atoms. The van der Waals surface area contributed by atoms with Gasteiger partial charge in [-0.05, 0) is 25.0 Å². The lowest BCUT2D eigenvalue weighted by atomic mass is 10.1. The molecular formula is C15H15NO4. The number of carboxylic acid groups (broad SMARTS) is 1. The van der Waals surface area contributed by atoms with Crippen LogP contribution in [0.3, 0.4) is 0 Å².